The van der Waals surface area contributed by atoms with E-state index in [1.165, 1.54) is 5.56 Å². The molecule has 0 radical (unpaired) electrons. The van der Waals surface area contributed by atoms with E-state index in [2.05, 4.69) is 43.7 Å². The standard InChI is InChI=1S/C18H22N4OS/c1-23-11-10-22-9-7-19-17(22)14-21(15-18-20-8-12-24-18)13-16-5-3-2-4-6-16/h2-9,12H,10-11,13-15H2,1H3. The molecule has 5 nitrogen and oxygen atoms in total. The van der Waals surface area contributed by atoms with Gasteiger partial charge in [-0.3, -0.25) is 4.90 Å². The Morgan fingerprint density at radius 2 is 1.96 bits per heavy atom. The van der Waals surface area contributed by atoms with Crippen molar-refractivity contribution in [3.05, 3.63) is 70.7 Å². The molecular weight excluding hydrogens is 320 g/mol. The summed E-state index contributed by atoms with van der Waals surface area (Å²) < 4.78 is 7.34. The number of aromatic nitrogens is 3. The average Bonchev–Trinajstić information content (AvgIpc) is 3.26. The fourth-order valence-corrected chi connectivity index (χ4v) is 3.27. The molecule has 0 N–H and O–H groups in total. The fraction of sp³-hybridized carbons (Fsp3) is 0.333. The predicted molar refractivity (Wildman–Crippen MR) is 95.6 cm³/mol. The molecule has 2 heterocycles. The van der Waals surface area contributed by atoms with E-state index in [0.717, 1.165) is 37.0 Å². The van der Waals surface area contributed by atoms with Gasteiger partial charge in [-0.1, -0.05) is 30.3 Å². The third kappa shape index (κ3) is 4.74. The van der Waals surface area contributed by atoms with Crippen molar-refractivity contribution in [2.45, 2.75) is 26.2 Å². The van der Waals surface area contributed by atoms with Gasteiger partial charge in [0.1, 0.15) is 10.8 Å². The van der Waals surface area contributed by atoms with Crippen LogP contribution >= 0.6 is 11.3 Å². The van der Waals surface area contributed by atoms with Gasteiger partial charge in [-0.15, -0.1) is 11.3 Å². The molecule has 0 unspecified atom stereocenters. The number of hydrogen-bond acceptors (Lipinski definition) is 5. The van der Waals surface area contributed by atoms with Crippen LogP contribution in [-0.2, 0) is 30.9 Å². The van der Waals surface area contributed by atoms with Crippen LogP contribution in [0.3, 0.4) is 0 Å². The van der Waals surface area contributed by atoms with E-state index in [-0.39, 0.29) is 0 Å². The van der Waals surface area contributed by atoms with Crippen LogP contribution in [0.25, 0.3) is 0 Å². The molecule has 2 aromatic heterocycles. The molecule has 0 atom stereocenters. The first-order chi connectivity index (χ1) is 11.8. The molecule has 3 aromatic rings. The smallest absolute Gasteiger partial charge is 0.122 e. The van der Waals surface area contributed by atoms with Crippen LogP contribution in [0.2, 0.25) is 0 Å². The van der Waals surface area contributed by atoms with Gasteiger partial charge in [0.2, 0.25) is 0 Å². The van der Waals surface area contributed by atoms with Crippen LogP contribution in [0.15, 0.2) is 54.3 Å². The lowest BCUT2D eigenvalue weighted by Gasteiger charge is -2.21. The van der Waals surface area contributed by atoms with Crippen molar-refractivity contribution < 1.29 is 4.74 Å². The number of imidazole rings is 1. The molecule has 0 saturated heterocycles. The van der Waals surface area contributed by atoms with E-state index in [1.807, 2.05) is 30.0 Å². The van der Waals surface area contributed by atoms with Crippen LogP contribution in [0.1, 0.15) is 16.4 Å². The first-order valence-electron chi connectivity index (χ1n) is 7.99. The third-order valence-electron chi connectivity index (χ3n) is 3.79. The Labute approximate surface area is 146 Å². The van der Waals surface area contributed by atoms with Gasteiger partial charge in [-0.05, 0) is 5.56 Å². The van der Waals surface area contributed by atoms with Crippen molar-refractivity contribution in [1.29, 1.82) is 0 Å². The van der Waals surface area contributed by atoms with Crippen molar-refractivity contribution in [1.82, 2.24) is 19.4 Å². The Kier molecular flexibility index (Phi) is 6.12. The van der Waals surface area contributed by atoms with Crippen LogP contribution in [0, 0.1) is 0 Å². The van der Waals surface area contributed by atoms with Gasteiger partial charge >= 0.3 is 0 Å². The van der Waals surface area contributed by atoms with Gasteiger partial charge in [0, 0.05) is 44.2 Å². The van der Waals surface area contributed by atoms with Crippen molar-refractivity contribution in [2.75, 3.05) is 13.7 Å². The number of benzene rings is 1. The molecule has 1 aromatic carbocycles. The molecular formula is C18H22N4OS. The third-order valence-corrected chi connectivity index (χ3v) is 4.56. The Morgan fingerprint density at radius 3 is 2.71 bits per heavy atom. The summed E-state index contributed by atoms with van der Waals surface area (Å²) in [5.41, 5.74) is 1.30. The summed E-state index contributed by atoms with van der Waals surface area (Å²) in [5.74, 6) is 1.06. The molecule has 0 aliphatic heterocycles. The van der Waals surface area contributed by atoms with E-state index in [4.69, 9.17) is 4.74 Å². The maximum Gasteiger partial charge on any atom is 0.122 e. The van der Waals surface area contributed by atoms with Gasteiger partial charge in [0.05, 0.1) is 19.7 Å². The van der Waals surface area contributed by atoms with Gasteiger partial charge < -0.3 is 9.30 Å². The molecule has 3 rings (SSSR count). The zero-order valence-corrected chi connectivity index (χ0v) is 14.7. The molecule has 0 aliphatic carbocycles. The lowest BCUT2D eigenvalue weighted by molar-refractivity contribution is 0.182. The highest BCUT2D eigenvalue weighted by Gasteiger charge is 2.13. The molecule has 0 fully saturated rings. The number of hydrogen-bond donors (Lipinski definition) is 0. The van der Waals surface area contributed by atoms with Crippen LogP contribution in [-0.4, -0.2) is 33.2 Å². The Hall–Kier alpha value is -2.02. The van der Waals surface area contributed by atoms with Gasteiger partial charge in [0.25, 0.3) is 0 Å². The minimum atomic E-state index is 0.689. The monoisotopic (exact) mass is 342 g/mol. The van der Waals surface area contributed by atoms with Crippen LogP contribution in [0.4, 0.5) is 0 Å². The van der Waals surface area contributed by atoms with Crippen molar-refractivity contribution >= 4 is 11.3 Å². The van der Waals surface area contributed by atoms with E-state index < -0.39 is 0 Å². The summed E-state index contributed by atoms with van der Waals surface area (Å²) in [6, 6.07) is 10.5. The lowest BCUT2D eigenvalue weighted by Crippen LogP contribution is -2.24. The second kappa shape index (κ2) is 8.73. The Bertz CT molecular complexity index is 712. The lowest BCUT2D eigenvalue weighted by atomic mass is 10.2. The van der Waals surface area contributed by atoms with Crippen molar-refractivity contribution in [2.24, 2.45) is 0 Å². The summed E-state index contributed by atoms with van der Waals surface area (Å²) in [5, 5.41) is 3.15. The zero-order chi connectivity index (χ0) is 16.6. The largest absolute Gasteiger partial charge is 0.383 e. The van der Waals surface area contributed by atoms with E-state index in [1.54, 1.807) is 18.4 Å². The molecule has 0 spiro atoms. The Morgan fingerprint density at radius 1 is 1.08 bits per heavy atom. The minimum absolute atomic E-state index is 0.689. The summed E-state index contributed by atoms with van der Waals surface area (Å²) >= 11 is 1.69. The highest BCUT2D eigenvalue weighted by molar-refractivity contribution is 7.09. The Balaban J connectivity index is 1.73. The maximum atomic E-state index is 5.19. The fourth-order valence-electron chi connectivity index (χ4n) is 2.62. The first kappa shape index (κ1) is 16.8. The maximum absolute atomic E-state index is 5.19. The van der Waals surface area contributed by atoms with E-state index in [9.17, 15) is 0 Å². The van der Waals surface area contributed by atoms with Gasteiger partial charge in [-0.2, -0.15) is 0 Å². The minimum Gasteiger partial charge on any atom is -0.383 e. The van der Waals surface area contributed by atoms with Crippen molar-refractivity contribution in [3.8, 4) is 0 Å². The average molecular weight is 342 g/mol. The SMILES string of the molecule is COCCn1ccnc1CN(Cc1ccccc1)Cc1nccs1. The highest BCUT2D eigenvalue weighted by Crippen LogP contribution is 2.15. The number of methoxy groups -OCH3 is 1. The van der Waals surface area contributed by atoms with Crippen LogP contribution in [0.5, 0.6) is 0 Å². The second-order valence-electron chi connectivity index (χ2n) is 5.59. The molecule has 6 heteroatoms. The predicted octanol–water partition coefficient (Wildman–Crippen LogP) is 3.19. The highest BCUT2D eigenvalue weighted by atomic mass is 32.1. The van der Waals surface area contributed by atoms with Crippen LogP contribution < -0.4 is 0 Å². The molecule has 0 aliphatic rings. The molecule has 126 valence electrons. The number of rotatable bonds is 9. The quantitative estimate of drug-likeness (QED) is 0.599. The molecule has 0 amide bonds. The number of nitrogens with zero attached hydrogens (tertiary/aromatic N) is 4. The first-order valence-corrected chi connectivity index (χ1v) is 8.86. The molecule has 0 saturated carbocycles. The number of ether oxygens (including phenoxy) is 1. The normalized spacial score (nSPS) is 11.2. The second-order valence-corrected chi connectivity index (χ2v) is 6.57. The summed E-state index contributed by atoms with van der Waals surface area (Å²) in [7, 11) is 1.72. The van der Waals surface area contributed by atoms with E-state index >= 15 is 0 Å². The molecule has 24 heavy (non-hydrogen) atoms. The summed E-state index contributed by atoms with van der Waals surface area (Å²) in [6.45, 7) is 3.99. The van der Waals surface area contributed by atoms with Gasteiger partial charge in [0.15, 0.2) is 0 Å². The van der Waals surface area contributed by atoms with E-state index in [0.29, 0.717) is 6.61 Å². The zero-order valence-electron chi connectivity index (χ0n) is 13.8. The molecule has 0 bridgehead atoms. The van der Waals surface area contributed by atoms with Crippen molar-refractivity contribution in [3.63, 3.8) is 0 Å². The number of thiazole rings is 1. The summed E-state index contributed by atoms with van der Waals surface area (Å²) in [6.07, 6.45) is 5.73. The summed E-state index contributed by atoms with van der Waals surface area (Å²) in [4.78, 5) is 11.3. The van der Waals surface area contributed by atoms with Gasteiger partial charge in [-0.25, -0.2) is 9.97 Å². The topological polar surface area (TPSA) is 43.2 Å².